The minimum Gasteiger partial charge on any atom is -0.377 e. The normalized spacial score (nSPS) is 21.6. The van der Waals surface area contributed by atoms with Crippen molar-refractivity contribution in [3.63, 3.8) is 0 Å². The van der Waals surface area contributed by atoms with Gasteiger partial charge in [0, 0.05) is 24.3 Å². The molecule has 28 heavy (non-hydrogen) atoms. The van der Waals surface area contributed by atoms with Gasteiger partial charge in [0.25, 0.3) is 0 Å². The van der Waals surface area contributed by atoms with Crippen molar-refractivity contribution in [2.75, 3.05) is 11.9 Å². The van der Waals surface area contributed by atoms with Gasteiger partial charge in [-0.05, 0) is 37.5 Å². The third-order valence-corrected chi connectivity index (χ3v) is 6.94. The van der Waals surface area contributed by atoms with Crippen LogP contribution >= 0.6 is 11.6 Å². The summed E-state index contributed by atoms with van der Waals surface area (Å²) in [6.07, 6.45) is -3.55. The number of hydrogen-bond donors (Lipinski definition) is 1. The lowest BCUT2D eigenvalue weighted by Crippen LogP contribution is -2.45. The average molecular weight is 449 g/mol. The molecule has 1 aromatic carbocycles. The van der Waals surface area contributed by atoms with Gasteiger partial charge in [-0.15, -0.1) is 0 Å². The van der Waals surface area contributed by atoms with Crippen LogP contribution in [0.4, 0.5) is 32.0 Å². The first kappa shape index (κ1) is 21.3. The maximum Gasteiger partial charge on any atom is 0.511 e. The largest absolute Gasteiger partial charge is 0.511 e. The summed E-state index contributed by atoms with van der Waals surface area (Å²) < 4.78 is 103. The molecule has 0 radical (unpaired) electrons. The number of anilines is 1. The zero-order valence-corrected chi connectivity index (χ0v) is 16.0. The molecule has 1 unspecified atom stereocenters. The van der Waals surface area contributed by atoms with E-state index in [9.17, 15) is 34.8 Å². The summed E-state index contributed by atoms with van der Waals surface area (Å²) in [5.74, 6) is 0. The Kier molecular flexibility index (Phi) is 5.17. The Morgan fingerprint density at radius 3 is 2.25 bits per heavy atom. The van der Waals surface area contributed by atoms with E-state index in [4.69, 9.17) is 11.6 Å². The topological polar surface area (TPSA) is 49.4 Å². The third-order valence-electron chi connectivity index (χ3n) is 4.97. The Hall–Kier alpha value is -1.46. The molecule has 156 valence electrons. The second-order valence-electron chi connectivity index (χ2n) is 6.70. The molecular formula is C16H15ClF6N2O2S. The van der Waals surface area contributed by atoms with Crippen molar-refractivity contribution in [1.82, 2.24) is 4.31 Å². The maximum atomic E-state index is 13.1. The van der Waals surface area contributed by atoms with Crippen LogP contribution in [-0.2, 0) is 22.7 Å². The summed E-state index contributed by atoms with van der Waals surface area (Å²) in [6.45, 7) is 0.283. The Labute approximate surface area is 162 Å². The number of benzene rings is 1. The molecule has 0 spiro atoms. The van der Waals surface area contributed by atoms with E-state index in [2.05, 4.69) is 5.32 Å². The van der Waals surface area contributed by atoms with Crippen LogP contribution in [0.2, 0.25) is 5.02 Å². The molecule has 1 aliphatic carbocycles. The van der Waals surface area contributed by atoms with Crippen LogP contribution in [0.3, 0.4) is 0 Å². The number of fused-ring (bicyclic) bond motifs is 1. The van der Waals surface area contributed by atoms with E-state index >= 15 is 0 Å². The van der Waals surface area contributed by atoms with Crippen LogP contribution in [0, 0.1) is 0 Å². The Morgan fingerprint density at radius 1 is 1.14 bits per heavy atom. The zero-order valence-electron chi connectivity index (χ0n) is 14.4. The van der Waals surface area contributed by atoms with Crippen LogP contribution < -0.4 is 5.32 Å². The predicted molar refractivity (Wildman–Crippen MR) is 91.2 cm³/mol. The summed E-state index contributed by atoms with van der Waals surface area (Å²) in [5, 5.41) is 2.06. The molecule has 1 heterocycles. The highest BCUT2D eigenvalue weighted by molar-refractivity contribution is 7.89. The lowest BCUT2D eigenvalue weighted by Gasteiger charge is -2.32. The minimum absolute atomic E-state index is 0.0788. The highest BCUT2D eigenvalue weighted by atomic mass is 35.5. The van der Waals surface area contributed by atoms with Crippen LogP contribution in [0.1, 0.15) is 30.9 Å². The smallest absolute Gasteiger partial charge is 0.377 e. The second-order valence-corrected chi connectivity index (χ2v) is 9.00. The lowest BCUT2D eigenvalue weighted by molar-refractivity contribution is -0.137. The molecule has 2 aliphatic rings. The molecule has 0 amide bonds. The Morgan fingerprint density at radius 2 is 1.79 bits per heavy atom. The van der Waals surface area contributed by atoms with Crippen molar-refractivity contribution >= 4 is 27.3 Å². The van der Waals surface area contributed by atoms with Gasteiger partial charge >= 0.3 is 21.7 Å². The fourth-order valence-electron chi connectivity index (χ4n) is 3.33. The SMILES string of the molecule is CC1=C(C2CN(S(=O)(=O)C(F)(F)F)Cc3c(ccc(C(F)(F)F)c3Cl)N2)CC1. The van der Waals surface area contributed by atoms with E-state index in [0.717, 1.165) is 29.7 Å². The van der Waals surface area contributed by atoms with Gasteiger partial charge in [0.1, 0.15) is 0 Å². The van der Waals surface area contributed by atoms with Gasteiger partial charge in [-0.2, -0.15) is 30.6 Å². The monoisotopic (exact) mass is 448 g/mol. The molecule has 1 aliphatic heterocycles. The first-order chi connectivity index (χ1) is 12.7. The molecule has 0 aromatic heterocycles. The number of halogens is 7. The van der Waals surface area contributed by atoms with Gasteiger partial charge in [0.15, 0.2) is 0 Å². The quantitative estimate of drug-likeness (QED) is 0.516. The van der Waals surface area contributed by atoms with Gasteiger partial charge in [-0.3, -0.25) is 0 Å². The van der Waals surface area contributed by atoms with Crippen molar-refractivity contribution in [3.8, 4) is 0 Å². The molecule has 1 N–H and O–H groups in total. The molecule has 0 saturated carbocycles. The summed E-state index contributed by atoms with van der Waals surface area (Å²) in [5.41, 5.74) is -5.44. The molecule has 4 nitrogen and oxygen atoms in total. The van der Waals surface area contributed by atoms with E-state index < -0.39 is 51.4 Å². The van der Waals surface area contributed by atoms with Crippen LogP contribution in [-0.4, -0.2) is 30.8 Å². The first-order valence-corrected chi connectivity index (χ1v) is 9.95. The van der Waals surface area contributed by atoms with Crippen LogP contribution in [0.25, 0.3) is 0 Å². The average Bonchev–Trinajstić information content (AvgIpc) is 2.72. The standard InChI is InChI=1S/C16H15ClF6N2O2S/c1-8-2-3-9(8)13-7-25(28(26,27)16(21,22)23)6-10-12(24-13)5-4-11(14(10)17)15(18,19)20/h4-5,13,24H,2-3,6-7H2,1H3. The van der Waals surface area contributed by atoms with E-state index in [1.54, 1.807) is 6.92 Å². The number of sulfonamides is 1. The molecule has 3 rings (SSSR count). The van der Waals surface area contributed by atoms with E-state index in [0.29, 0.717) is 6.42 Å². The molecule has 1 aromatic rings. The number of nitrogens with one attached hydrogen (secondary N) is 1. The van der Waals surface area contributed by atoms with Crippen molar-refractivity contribution in [2.24, 2.45) is 0 Å². The van der Waals surface area contributed by atoms with Crippen LogP contribution in [0.5, 0.6) is 0 Å². The molecule has 0 saturated heterocycles. The van der Waals surface area contributed by atoms with Crippen molar-refractivity contribution < 1.29 is 34.8 Å². The van der Waals surface area contributed by atoms with E-state index in [1.165, 1.54) is 0 Å². The summed E-state index contributed by atoms with van der Waals surface area (Å²) in [7, 11) is -5.77. The zero-order chi connectivity index (χ0) is 21.1. The molecule has 1 atom stereocenters. The number of rotatable bonds is 2. The minimum atomic E-state index is -5.77. The second kappa shape index (κ2) is 6.81. The number of allylic oxidation sites excluding steroid dienone is 1. The Bertz CT molecular complexity index is 940. The van der Waals surface area contributed by atoms with Crippen molar-refractivity contribution in [1.29, 1.82) is 0 Å². The Balaban J connectivity index is 2.15. The lowest BCUT2D eigenvalue weighted by atomic mass is 9.84. The highest BCUT2D eigenvalue weighted by Crippen LogP contribution is 2.43. The molecule has 12 heteroatoms. The molecule has 0 bridgehead atoms. The number of nitrogens with zero attached hydrogens (tertiary/aromatic N) is 1. The van der Waals surface area contributed by atoms with Gasteiger partial charge < -0.3 is 5.32 Å². The van der Waals surface area contributed by atoms with Gasteiger partial charge in [-0.25, -0.2) is 8.42 Å². The summed E-state index contributed by atoms with van der Waals surface area (Å²) in [4.78, 5) is 0. The first-order valence-electron chi connectivity index (χ1n) is 8.13. The maximum absolute atomic E-state index is 13.1. The van der Waals surface area contributed by atoms with E-state index in [-0.39, 0.29) is 15.6 Å². The van der Waals surface area contributed by atoms with Crippen molar-refractivity contribution in [2.45, 2.75) is 44.0 Å². The van der Waals surface area contributed by atoms with Gasteiger partial charge in [0.05, 0.1) is 16.6 Å². The molecular weight excluding hydrogens is 434 g/mol. The fourth-order valence-corrected chi connectivity index (χ4v) is 4.59. The highest BCUT2D eigenvalue weighted by Gasteiger charge is 2.51. The summed E-state index contributed by atoms with van der Waals surface area (Å²) in [6, 6.07) is 0.996. The van der Waals surface area contributed by atoms with Gasteiger partial charge in [-0.1, -0.05) is 17.2 Å². The fraction of sp³-hybridized carbons (Fsp3) is 0.500. The van der Waals surface area contributed by atoms with E-state index in [1.807, 2.05) is 0 Å². The number of alkyl halides is 6. The van der Waals surface area contributed by atoms with Crippen molar-refractivity contribution in [3.05, 3.63) is 39.4 Å². The van der Waals surface area contributed by atoms with Gasteiger partial charge in [0.2, 0.25) is 0 Å². The third kappa shape index (κ3) is 3.59. The molecule has 0 fully saturated rings. The van der Waals surface area contributed by atoms with Crippen LogP contribution in [0.15, 0.2) is 23.3 Å². The predicted octanol–water partition coefficient (Wildman–Crippen LogP) is 4.91. The number of hydrogen-bond acceptors (Lipinski definition) is 3. The summed E-state index contributed by atoms with van der Waals surface area (Å²) >= 11 is 5.84.